The van der Waals surface area contributed by atoms with Gasteiger partial charge in [0.2, 0.25) is 0 Å². The van der Waals surface area contributed by atoms with Gasteiger partial charge in [0, 0.05) is 23.7 Å². The molecule has 0 saturated carbocycles. The molecule has 0 unspecified atom stereocenters. The van der Waals surface area contributed by atoms with Gasteiger partial charge in [-0.25, -0.2) is 0 Å². The van der Waals surface area contributed by atoms with Crippen LogP contribution in [0.5, 0.6) is 5.75 Å². The molecule has 3 amide bonds. The number of carbonyl (C=O) groups excluding carboxylic acids is 3. The van der Waals surface area contributed by atoms with Gasteiger partial charge in [0.05, 0.1) is 4.91 Å². The Bertz CT molecular complexity index is 1080. The number of thiocarbonyl (C=S) groups is 1. The molecular weight excluding hydrogens is 482 g/mol. The highest BCUT2D eigenvalue weighted by atomic mass is 35.5. The lowest BCUT2D eigenvalue weighted by Crippen LogP contribution is -2.44. The van der Waals surface area contributed by atoms with Gasteiger partial charge >= 0.3 is 0 Å². The molecule has 0 bridgehead atoms. The summed E-state index contributed by atoms with van der Waals surface area (Å²) in [7, 11) is 0. The normalized spacial score (nSPS) is 14.5. The van der Waals surface area contributed by atoms with E-state index in [4.69, 9.17) is 28.6 Å². The SMILES string of the molecule is CCN(CC)C(=O)COc1ccc(/C=C2/SC(=S)N(NC(=O)c3ccc(Cl)cc3)C2=O)cc1. The highest BCUT2D eigenvalue weighted by Gasteiger charge is 2.33. The number of benzene rings is 2. The molecule has 0 aliphatic carbocycles. The fourth-order valence-electron chi connectivity index (χ4n) is 2.96. The Balaban J connectivity index is 1.62. The van der Waals surface area contributed by atoms with E-state index in [1.54, 1.807) is 59.5 Å². The molecule has 0 spiro atoms. The summed E-state index contributed by atoms with van der Waals surface area (Å²) in [4.78, 5) is 39.3. The van der Waals surface area contributed by atoms with E-state index in [0.29, 0.717) is 34.3 Å². The molecule has 33 heavy (non-hydrogen) atoms. The first kappa shape index (κ1) is 24.8. The van der Waals surface area contributed by atoms with Crippen LogP contribution >= 0.6 is 35.6 Å². The van der Waals surface area contributed by atoms with E-state index in [2.05, 4.69) is 5.43 Å². The van der Waals surface area contributed by atoms with E-state index >= 15 is 0 Å². The van der Waals surface area contributed by atoms with E-state index in [-0.39, 0.29) is 16.8 Å². The first-order valence-electron chi connectivity index (χ1n) is 10.2. The van der Waals surface area contributed by atoms with Crippen LogP contribution < -0.4 is 10.2 Å². The Morgan fingerprint density at radius 3 is 2.36 bits per heavy atom. The minimum absolute atomic E-state index is 0.0347. The second-order valence-corrected chi connectivity index (χ2v) is 9.00. The number of hydrogen-bond acceptors (Lipinski definition) is 6. The van der Waals surface area contributed by atoms with E-state index < -0.39 is 11.8 Å². The highest BCUT2D eigenvalue weighted by molar-refractivity contribution is 8.26. The smallest absolute Gasteiger partial charge is 0.285 e. The Hall–Kier alpha value is -2.88. The first-order valence-corrected chi connectivity index (χ1v) is 11.8. The molecular formula is C23H22ClN3O4S2. The van der Waals surface area contributed by atoms with E-state index in [1.165, 1.54) is 0 Å². The molecule has 0 atom stereocenters. The van der Waals surface area contributed by atoms with E-state index in [9.17, 15) is 14.4 Å². The van der Waals surface area contributed by atoms with Crippen LogP contribution in [0.2, 0.25) is 5.02 Å². The largest absolute Gasteiger partial charge is 0.484 e. The number of ether oxygens (including phenoxy) is 1. The number of rotatable bonds is 8. The predicted octanol–water partition coefficient (Wildman–Crippen LogP) is 4.13. The van der Waals surface area contributed by atoms with Crippen LogP contribution in [0, 0.1) is 0 Å². The van der Waals surface area contributed by atoms with Crippen molar-refractivity contribution in [3.8, 4) is 5.75 Å². The molecule has 1 heterocycles. The maximum atomic E-state index is 12.8. The molecule has 172 valence electrons. The Morgan fingerprint density at radius 1 is 1.12 bits per heavy atom. The lowest BCUT2D eigenvalue weighted by molar-refractivity contribution is -0.133. The molecule has 2 aromatic carbocycles. The Kier molecular flexibility index (Phi) is 8.49. The minimum Gasteiger partial charge on any atom is -0.484 e. The average molecular weight is 504 g/mol. The van der Waals surface area contributed by atoms with Gasteiger partial charge in [-0.1, -0.05) is 35.5 Å². The van der Waals surface area contributed by atoms with Crippen LogP contribution in [0.3, 0.4) is 0 Å². The lowest BCUT2D eigenvalue weighted by Gasteiger charge is -2.18. The van der Waals surface area contributed by atoms with Gasteiger partial charge < -0.3 is 9.64 Å². The van der Waals surface area contributed by atoms with Crippen LogP contribution in [0.25, 0.3) is 6.08 Å². The molecule has 0 radical (unpaired) electrons. The summed E-state index contributed by atoms with van der Waals surface area (Å²) in [6.45, 7) is 5.07. The Morgan fingerprint density at radius 2 is 1.76 bits per heavy atom. The number of likely N-dealkylation sites (N-methyl/N-ethyl adjacent to an activating group) is 1. The van der Waals surface area contributed by atoms with Crippen molar-refractivity contribution in [1.82, 2.24) is 15.3 Å². The summed E-state index contributed by atoms with van der Waals surface area (Å²) >= 11 is 12.2. The first-order chi connectivity index (χ1) is 15.8. The van der Waals surface area contributed by atoms with Crippen molar-refractivity contribution in [2.24, 2.45) is 0 Å². The fourth-order valence-corrected chi connectivity index (χ4v) is 4.26. The molecule has 2 aromatic rings. The zero-order valence-electron chi connectivity index (χ0n) is 18.0. The molecule has 1 N–H and O–H groups in total. The number of nitrogens with zero attached hydrogens (tertiary/aromatic N) is 2. The van der Waals surface area contributed by atoms with E-state index in [1.807, 2.05) is 13.8 Å². The van der Waals surface area contributed by atoms with Crippen molar-refractivity contribution in [1.29, 1.82) is 0 Å². The second kappa shape index (κ2) is 11.3. The summed E-state index contributed by atoms with van der Waals surface area (Å²) in [6.07, 6.45) is 1.68. The van der Waals surface area contributed by atoms with Gasteiger partial charge in [-0.2, -0.15) is 5.01 Å². The molecule has 1 saturated heterocycles. The van der Waals surface area contributed by atoms with Crippen LogP contribution in [-0.4, -0.2) is 51.6 Å². The third-order valence-electron chi connectivity index (χ3n) is 4.77. The van der Waals surface area contributed by atoms with Crippen molar-refractivity contribution < 1.29 is 19.1 Å². The quantitative estimate of drug-likeness (QED) is 0.431. The summed E-state index contributed by atoms with van der Waals surface area (Å²) in [5.74, 6) is -0.411. The number of hydrogen-bond donors (Lipinski definition) is 1. The van der Waals surface area contributed by atoms with Gasteiger partial charge in [-0.3, -0.25) is 19.8 Å². The van der Waals surface area contributed by atoms with Crippen molar-refractivity contribution in [2.75, 3.05) is 19.7 Å². The fraction of sp³-hybridized carbons (Fsp3) is 0.217. The number of hydrazine groups is 1. The van der Waals surface area contributed by atoms with Crippen LogP contribution in [0.4, 0.5) is 0 Å². The summed E-state index contributed by atoms with van der Waals surface area (Å²) < 4.78 is 5.78. The Labute approximate surface area is 206 Å². The zero-order valence-corrected chi connectivity index (χ0v) is 20.4. The van der Waals surface area contributed by atoms with Crippen molar-refractivity contribution in [3.05, 3.63) is 69.6 Å². The average Bonchev–Trinajstić information content (AvgIpc) is 3.07. The molecule has 1 fully saturated rings. The van der Waals surface area contributed by atoms with Crippen LogP contribution in [-0.2, 0) is 9.59 Å². The van der Waals surface area contributed by atoms with Crippen LogP contribution in [0.15, 0.2) is 53.4 Å². The van der Waals surface area contributed by atoms with E-state index in [0.717, 1.165) is 22.3 Å². The maximum absolute atomic E-state index is 12.8. The highest BCUT2D eigenvalue weighted by Crippen LogP contribution is 2.31. The molecule has 10 heteroatoms. The van der Waals surface area contributed by atoms with Crippen molar-refractivity contribution in [2.45, 2.75) is 13.8 Å². The minimum atomic E-state index is -0.468. The molecule has 0 aromatic heterocycles. The monoisotopic (exact) mass is 503 g/mol. The molecule has 7 nitrogen and oxygen atoms in total. The number of amides is 3. The number of carbonyl (C=O) groups is 3. The molecule has 1 aliphatic heterocycles. The van der Waals surface area contributed by atoms with Gasteiger partial charge in [0.25, 0.3) is 17.7 Å². The number of halogens is 1. The third-order valence-corrected chi connectivity index (χ3v) is 6.32. The summed E-state index contributed by atoms with van der Waals surface area (Å²) in [5, 5.41) is 1.56. The van der Waals surface area contributed by atoms with Gasteiger partial charge in [-0.05, 0) is 74.1 Å². The molecule has 3 rings (SSSR count). The lowest BCUT2D eigenvalue weighted by atomic mass is 10.2. The summed E-state index contributed by atoms with van der Waals surface area (Å²) in [5.41, 5.74) is 3.63. The third kappa shape index (κ3) is 6.34. The van der Waals surface area contributed by atoms with Crippen molar-refractivity contribution in [3.63, 3.8) is 0 Å². The number of nitrogens with one attached hydrogen (secondary N) is 1. The standard InChI is InChI=1S/C23H22ClN3O4S2/c1-3-26(4-2)20(28)14-31-18-11-5-15(6-12-18)13-19-22(30)27(23(32)33-19)25-21(29)16-7-9-17(24)10-8-16/h5-13H,3-4,14H2,1-2H3,(H,25,29)/b19-13+. The maximum Gasteiger partial charge on any atom is 0.285 e. The number of thioether (sulfide) groups is 1. The summed E-state index contributed by atoms with van der Waals surface area (Å²) in [6, 6.07) is 13.3. The van der Waals surface area contributed by atoms with Crippen LogP contribution in [0.1, 0.15) is 29.8 Å². The van der Waals surface area contributed by atoms with Gasteiger partial charge in [0.15, 0.2) is 10.9 Å². The molecule has 1 aliphatic rings. The second-order valence-electron chi connectivity index (χ2n) is 6.89. The topological polar surface area (TPSA) is 79.0 Å². The van der Waals surface area contributed by atoms with Gasteiger partial charge in [-0.15, -0.1) is 0 Å². The van der Waals surface area contributed by atoms with Gasteiger partial charge in [0.1, 0.15) is 5.75 Å². The zero-order chi connectivity index (χ0) is 24.0. The predicted molar refractivity (Wildman–Crippen MR) is 134 cm³/mol. The van der Waals surface area contributed by atoms with Crippen molar-refractivity contribution >= 4 is 63.7 Å².